The summed E-state index contributed by atoms with van der Waals surface area (Å²) in [4.78, 5) is 37.7. The number of hydrogen-bond acceptors (Lipinski definition) is 5. The van der Waals surface area contributed by atoms with Crippen LogP contribution in [0.1, 0.15) is 36.3 Å². The van der Waals surface area contributed by atoms with Crippen LogP contribution < -0.4 is 0 Å². The molecule has 2 aliphatic rings. The molecule has 2 aliphatic heterocycles. The predicted molar refractivity (Wildman–Crippen MR) is 141 cm³/mol. The maximum atomic E-state index is 13.8. The Hall–Kier alpha value is -3.26. The first kappa shape index (κ1) is 24.4. The van der Waals surface area contributed by atoms with Crippen molar-refractivity contribution in [2.24, 2.45) is 18.9 Å². The van der Waals surface area contributed by atoms with Gasteiger partial charge in [-0.1, -0.05) is 44.2 Å². The number of piperazine rings is 1. The molecule has 0 aliphatic carbocycles. The maximum Gasteiger partial charge on any atom is 0.254 e. The molecule has 5 rings (SSSR count). The second-order valence-corrected chi connectivity index (χ2v) is 10.6. The summed E-state index contributed by atoms with van der Waals surface area (Å²) in [5.41, 5.74) is 3.90. The summed E-state index contributed by atoms with van der Waals surface area (Å²) < 4.78 is 1.75. The van der Waals surface area contributed by atoms with Crippen molar-refractivity contribution in [3.05, 3.63) is 47.7 Å². The summed E-state index contributed by atoms with van der Waals surface area (Å²) >= 11 is 0. The van der Waals surface area contributed by atoms with Gasteiger partial charge in [-0.25, -0.2) is 4.98 Å². The van der Waals surface area contributed by atoms with Crippen LogP contribution in [0.2, 0.25) is 0 Å². The second kappa shape index (κ2) is 10.0. The molecule has 8 heteroatoms. The normalized spacial score (nSPS) is 21.2. The highest BCUT2D eigenvalue weighted by atomic mass is 16.2. The van der Waals surface area contributed by atoms with Crippen LogP contribution in [-0.4, -0.2) is 87.1 Å². The number of carbonyl (C=O) groups is 2. The number of rotatable bonds is 4. The molecule has 0 bridgehead atoms. The van der Waals surface area contributed by atoms with E-state index in [2.05, 4.69) is 23.8 Å². The first-order valence-corrected chi connectivity index (χ1v) is 13.0. The smallest absolute Gasteiger partial charge is 0.254 e. The van der Waals surface area contributed by atoms with Crippen molar-refractivity contribution in [2.75, 3.05) is 45.8 Å². The average Bonchev–Trinajstić information content (AvgIpc) is 3.16. The first-order valence-electron chi connectivity index (χ1n) is 13.0. The van der Waals surface area contributed by atoms with Crippen molar-refractivity contribution in [3.8, 4) is 11.3 Å². The number of amides is 2. The monoisotopic (exact) mass is 488 g/mol. The predicted octanol–water partition coefficient (Wildman–Crippen LogP) is 3.21. The molecule has 2 fully saturated rings. The highest BCUT2D eigenvalue weighted by molar-refractivity contribution is 6.07. The van der Waals surface area contributed by atoms with Gasteiger partial charge in [0.25, 0.3) is 5.91 Å². The van der Waals surface area contributed by atoms with Crippen molar-refractivity contribution < 1.29 is 9.59 Å². The lowest BCUT2D eigenvalue weighted by molar-refractivity contribution is -0.135. The number of aryl methyl sites for hydroxylation is 2. The molecule has 0 saturated carbocycles. The van der Waals surface area contributed by atoms with Crippen LogP contribution in [0.25, 0.3) is 22.3 Å². The largest absolute Gasteiger partial charge is 0.341 e. The second-order valence-electron chi connectivity index (χ2n) is 10.6. The number of carbonyl (C=O) groups excluding carboxylic acids is 2. The number of hydrogen-bond donors (Lipinski definition) is 0. The van der Waals surface area contributed by atoms with Gasteiger partial charge in [0.15, 0.2) is 5.65 Å². The number of fused-ring (bicyclic) bond motifs is 1. The maximum absolute atomic E-state index is 13.8. The van der Waals surface area contributed by atoms with E-state index < -0.39 is 0 Å². The molecule has 4 heterocycles. The fourth-order valence-electron chi connectivity index (χ4n) is 5.81. The quantitative estimate of drug-likeness (QED) is 0.564. The minimum atomic E-state index is 0.000313. The summed E-state index contributed by atoms with van der Waals surface area (Å²) in [7, 11) is 1.87. The van der Waals surface area contributed by atoms with Gasteiger partial charge in [-0.05, 0) is 31.2 Å². The van der Waals surface area contributed by atoms with Gasteiger partial charge in [0.1, 0.15) is 0 Å². The fraction of sp³-hybridized carbons (Fsp3) is 0.500. The van der Waals surface area contributed by atoms with Gasteiger partial charge in [-0.15, -0.1) is 0 Å². The van der Waals surface area contributed by atoms with Crippen LogP contribution in [0.4, 0.5) is 0 Å². The van der Waals surface area contributed by atoms with Crippen LogP contribution >= 0.6 is 0 Å². The molecule has 0 spiro atoms. The Labute approximate surface area is 212 Å². The van der Waals surface area contributed by atoms with Gasteiger partial charge >= 0.3 is 0 Å². The van der Waals surface area contributed by atoms with Gasteiger partial charge < -0.3 is 9.80 Å². The SMILES string of the molecule is Cc1nn(C)c2nc(-c3ccccc3)cc(C(=O)N3CCN(CC(=O)N4CC(C)CC(C)C4)CC3)c12. The standard InChI is InChI=1S/C28H36N6O2/c1-19-14-20(2)17-34(16-19)25(35)18-32-10-12-33(13-11-32)28(36)23-15-24(22-8-6-5-7-9-22)29-27-26(23)21(3)30-31(27)4/h5-9,15,19-20H,10-14,16-18H2,1-4H3. The van der Waals surface area contributed by atoms with E-state index in [4.69, 9.17) is 4.98 Å². The number of benzene rings is 1. The van der Waals surface area contributed by atoms with E-state index in [0.29, 0.717) is 55.8 Å². The van der Waals surface area contributed by atoms with Crippen LogP contribution in [0.15, 0.2) is 36.4 Å². The molecular weight excluding hydrogens is 452 g/mol. The van der Waals surface area contributed by atoms with E-state index in [1.54, 1.807) is 4.68 Å². The zero-order valence-electron chi connectivity index (χ0n) is 21.8. The van der Waals surface area contributed by atoms with Crippen molar-refractivity contribution in [2.45, 2.75) is 27.2 Å². The number of aromatic nitrogens is 3. The van der Waals surface area contributed by atoms with Crippen molar-refractivity contribution >= 4 is 22.8 Å². The van der Waals surface area contributed by atoms with Crippen LogP contribution in [0.5, 0.6) is 0 Å². The third kappa shape index (κ3) is 4.87. The van der Waals surface area contributed by atoms with Gasteiger partial charge in [-0.3, -0.25) is 19.2 Å². The van der Waals surface area contributed by atoms with Crippen LogP contribution in [0.3, 0.4) is 0 Å². The third-order valence-corrected chi connectivity index (χ3v) is 7.51. The summed E-state index contributed by atoms with van der Waals surface area (Å²) in [6, 6.07) is 11.8. The lowest BCUT2D eigenvalue weighted by atomic mass is 9.92. The summed E-state index contributed by atoms with van der Waals surface area (Å²) in [6.45, 7) is 11.1. The molecule has 1 aromatic carbocycles. The van der Waals surface area contributed by atoms with Crippen molar-refractivity contribution in [1.29, 1.82) is 0 Å². The van der Waals surface area contributed by atoms with E-state index >= 15 is 0 Å². The van der Waals surface area contributed by atoms with E-state index in [-0.39, 0.29) is 11.8 Å². The highest BCUT2D eigenvalue weighted by Gasteiger charge is 2.30. The van der Waals surface area contributed by atoms with Crippen LogP contribution in [0, 0.1) is 18.8 Å². The van der Waals surface area contributed by atoms with Gasteiger partial charge in [-0.2, -0.15) is 5.10 Å². The Balaban J connectivity index is 1.31. The molecule has 8 nitrogen and oxygen atoms in total. The number of likely N-dealkylation sites (tertiary alicyclic amines) is 1. The van der Waals surface area contributed by atoms with Crippen molar-refractivity contribution in [1.82, 2.24) is 29.5 Å². The van der Waals surface area contributed by atoms with Crippen LogP contribution in [-0.2, 0) is 11.8 Å². The first-order chi connectivity index (χ1) is 17.3. The Kier molecular flexibility index (Phi) is 6.79. The molecule has 0 N–H and O–H groups in total. The minimum Gasteiger partial charge on any atom is -0.341 e. The average molecular weight is 489 g/mol. The van der Waals surface area contributed by atoms with E-state index in [1.807, 2.05) is 60.2 Å². The lowest BCUT2D eigenvalue weighted by Crippen LogP contribution is -2.53. The molecule has 2 amide bonds. The summed E-state index contributed by atoms with van der Waals surface area (Å²) in [5, 5.41) is 5.36. The van der Waals surface area contributed by atoms with Crippen molar-refractivity contribution in [3.63, 3.8) is 0 Å². The van der Waals surface area contributed by atoms with Gasteiger partial charge in [0.05, 0.1) is 28.9 Å². The third-order valence-electron chi connectivity index (χ3n) is 7.51. The lowest BCUT2D eigenvalue weighted by Gasteiger charge is -2.38. The Morgan fingerprint density at radius 3 is 2.31 bits per heavy atom. The molecule has 190 valence electrons. The number of nitrogens with zero attached hydrogens (tertiary/aromatic N) is 6. The summed E-state index contributed by atoms with van der Waals surface area (Å²) in [6.07, 6.45) is 1.19. The van der Waals surface area contributed by atoms with E-state index in [1.165, 1.54) is 6.42 Å². The van der Waals surface area contributed by atoms with Gasteiger partial charge in [0.2, 0.25) is 5.91 Å². The fourth-order valence-corrected chi connectivity index (χ4v) is 5.81. The Bertz CT molecular complexity index is 1250. The van der Waals surface area contributed by atoms with E-state index in [0.717, 1.165) is 35.4 Å². The number of piperidine rings is 1. The zero-order valence-corrected chi connectivity index (χ0v) is 21.8. The molecular formula is C28H36N6O2. The van der Waals surface area contributed by atoms with Gasteiger partial charge in [0, 0.05) is 51.9 Å². The number of pyridine rings is 1. The molecule has 2 saturated heterocycles. The summed E-state index contributed by atoms with van der Waals surface area (Å²) in [5.74, 6) is 1.32. The molecule has 36 heavy (non-hydrogen) atoms. The molecule has 2 atom stereocenters. The molecule has 3 aromatic rings. The molecule has 2 aromatic heterocycles. The molecule has 0 radical (unpaired) electrons. The zero-order chi connectivity index (χ0) is 25.4. The van der Waals surface area contributed by atoms with E-state index in [9.17, 15) is 9.59 Å². The minimum absolute atomic E-state index is 0.000313. The topological polar surface area (TPSA) is 74.6 Å². The molecule has 2 unspecified atom stereocenters. The Morgan fingerprint density at radius 1 is 0.972 bits per heavy atom. The Morgan fingerprint density at radius 2 is 1.64 bits per heavy atom. The highest BCUT2D eigenvalue weighted by Crippen LogP contribution is 2.28.